The van der Waals surface area contributed by atoms with Gasteiger partial charge in [-0.15, -0.1) is 0 Å². The van der Waals surface area contributed by atoms with Crippen LogP contribution in [0.2, 0.25) is 0 Å². The van der Waals surface area contributed by atoms with Crippen molar-refractivity contribution in [1.29, 1.82) is 0 Å². The predicted molar refractivity (Wildman–Crippen MR) is 111 cm³/mol. The second kappa shape index (κ2) is 9.26. The molecule has 0 aliphatic carbocycles. The molecule has 1 fully saturated rings. The Morgan fingerprint density at radius 2 is 1.61 bits per heavy atom. The van der Waals surface area contributed by atoms with Crippen molar-refractivity contribution >= 4 is 23.3 Å². The number of aryl methyl sites for hydroxylation is 1. The number of nitrogens with zero attached hydrogens (tertiary/aromatic N) is 2. The first-order valence-electron chi connectivity index (χ1n) is 9.71. The number of nitrogens with two attached hydrogens (primary N) is 1. The lowest BCUT2D eigenvalue weighted by atomic mass is 10.0. The first-order chi connectivity index (χ1) is 13.6. The summed E-state index contributed by atoms with van der Waals surface area (Å²) in [4.78, 5) is 28.2. The molecule has 2 aromatic rings. The van der Waals surface area contributed by atoms with Gasteiger partial charge < -0.3 is 20.3 Å². The van der Waals surface area contributed by atoms with E-state index in [2.05, 4.69) is 4.90 Å². The number of hydrogen-bond donors (Lipinski definition) is 1. The van der Waals surface area contributed by atoms with Crippen LogP contribution in [-0.2, 0) is 11.2 Å². The molecule has 2 aromatic carbocycles. The summed E-state index contributed by atoms with van der Waals surface area (Å²) < 4.78 is 5.05. The van der Waals surface area contributed by atoms with Gasteiger partial charge in [-0.1, -0.05) is 12.1 Å². The molecular formula is C22H27N3O3. The molecule has 1 saturated heterocycles. The first kappa shape index (κ1) is 19.7. The van der Waals surface area contributed by atoms with Gasteiger partial charge in [0.15, 0.2) is 5.78 Å². The standard InChI is InChI=1S/C22H27N3O3/c1-2-28-22(27)25-15-13-24(14-16-25)20-10-6-18(7-11-20)21(26)12-5-17-3-8-19(23)9-4-17/h3-4,6-11H,2,5,12-16,23H2,1H3. The minimum atomic E-state index is -0.246. The molecule has 0 saturated carbocycles. The number of Topliss-reactive ketones (excluding diaryl/α,β-unsaturated/α-hetero) is 1. The van der Waals surface area contributed by atoms with Gasteiger partial charge in [0.25, 0.3) is 0 Å². The van der Waals surface area contributed by atoms with Gasteiger partial charge in [-0.25, -0.2) is 4.79 Å². The zero-order chi connectivity index (χ0) is 19.9. The summed E-state index contributed by atoms with van der Waals surface area (Å²) in [7, 11) is 0. The van der Waals surface area contributed by atoms with Gasteiger partial charge in [-0.3, -0.25) is 4.79 Å². The molecule has 0 bridgehead atoms. The zero-order valence-corrected chi connectivity index (χ0v) is 16.3. The van der Waals surface area contributed by atoms with E-state index in [1.165, 1.54) is 0 Å². The highest BCUT2D eigenvalue weighted by atomic mass is 16.6. The Morgan fingerprint density at radius 3 is 2.21 bits per heavy atom. The highest BCUT2D eigenvalue weighted by Crippen LogP contribution is 2.19. The SMILES string of the molecule is CCOC(=O)N1CCN(c2ccc(C(=O)CCc3ccc(N)cc3)cc2)CC1. The smallest absolute Gasteiger partial charge is 0.409 e. The number of nitrogen functional groups attached to an aromatic ring is 1. The summed E-state index contributed by atoms with van der Waals surface area (Å²) in [5.41, 5.74) is 9.32. The van der Waals surface area contributed by atoms with E-state index >= 15 is 0 Å². The molecule has 6 heteroatoms. The number of ether oxygens (including phenoxy) is 1. The minimum Gasteiger partial charge on any atom is -0.450 e. The lowest BCUT2D eigenvalue weighted by Crippen LogP contribution is -2.49. The van der Waals surface area contributed by atoms with Crippen LogP contribution in [0.15, 0.2) is 48.5 Å². The van der Waals surface area contributed by atoms with Crippen molar-refractivity contribution in [1.82, 2.24) is 4.90 Å². The quantitative estimate of drug-likeness (QED) is 0.613. The molecule has 1 amide bonds. The largest absolute Gasteiger partial charge is 0.450 e. The maximum absolute atomic E-state index is 12.5. The van der Waals surface area contributed by atoms with Crippen LogP contribution in [0.25, 0.3) is 0 Å². The van der Waals surface area contributed by atoms with E-state index < -0.39 is 0 Å². The summed E-state index contributed by atoms with van der Waals surface area (Å²) in [5.74, 6) is 0.135. The van der Waals surface area contributed by atoms with Crippen LogP contribution in [0.5, 0.6) is 0 Å². The second-order valence-electron chi connectivity index (χ2n) is 6.88. The average Bonchev–Trinajstić information content (AvgIpc) is 2.73. The zero-order valence-electron chi connectivity index (χ0n) is 16.3. The molecule has 0 atom stereocenters. The van der Waals surface area contributed by atoms with Gasteiger partial charge >= 0.3 is 6.09 Å². The van der Waals surface area contributed by atoms with Crippen molar-refractivity contribution in [3.63, 3.8) is 0 Å². The molecule has 1 aliphatic rings. The molecule has 0 spiro atoms. The van der Waals surface area contributed by atoms with Gasteiger partial charge in [0.1, 0.15) is 0 Å². The van der Waals surface area contributed by atoms with Crippen molar-refractivity contribution in [2.75, 3.05) is 43.4 Å². The van der Waals surface area contributed by atoms with E-state index in [-0.39, 0.29) is 11.9 Å². The fraction of sp³-hybridized carbons (Fsp3) is 0.364. The monoisotopic (exact) mass is 381 g/mol. The van der Waals surface area contributed by atoms with Crippen molar-refractivity contribution in [2.45, 2.75) is 19.8 Å². The van der Waals surface area contributed by atoms with Crippen LogP contribution < -0.4 is 10.6 Å². The van der Waals surface area contributed by atoms with Gasteiger partial charge in [0.2, 0.25) is 0 Å². The van der Waals surface area contributed by atoms with E-state index in [1.54, 1.807) is 4.90 Å². The number of carbonyl (C=O) groups is 2. The average molecular weight is 381 g/mol. The minimum absolute atomic E-state index is 0.135. The molecule has 28 heavy (non-hydrogen) atoms. The molecular weight excluding hydrogens is 354 g/mol. The van der Waals surface area contributed by atoms with Gasteiger partial charge in [0, 0.05) is 49.5 Å². The number of carbonyl (C=O) groups excluding carboxylic acids is 2. The lowest BCUT2D eigenvalue weighted by Gasteiger charge is -2.35. The Labute approximate surface area is 165 Å². The topological polar surface area (TPSA) is 75.9 Å². The Hall–Kier alpha value is -3.02. The fourth-order valence-electron chi connectivity index (χ4n) is 3.31. The number of anilines is 2. The third kappa shape index (κ3) is 5.03. The summed E-state index contributed by atoms with van der Waals surface area (Å²) in [5, 5.41) is 0. The Kier molecular flexibility index (Phi) is 6.53. The van der Waals surface area contributed by atoms with Gasteiger partial charge in [-0.05, 0) is 55.3 Å². The molecule has 148 valence electrons. The molecule has 2 N–H and O–H groups in total. The Morgan fingerprint density at radius 1 is 0.964 bits per heavy atom. The van der Waals surface area contributed by atoms with Crippen LogP contribution >= 0.6 is 0 Å². The molecule has 1 heterocycles. The number of amides is 1. The maximum atomic E-state index is 12.5. The molecule has 1 aliphatic heterocycles. The molecule has 3 rings (SSSR count). The predicted octanol–water partition coefficient (Wildman–Crippen LogP) is 3.36. The van der Waals surface area contributed by atoms with E-state index in [1.807, 2.05) is 55.5 Å². The molecule has 6 nitrogen and oxygen atoms in total. The molecule has 0 radical (unpaired) electrons. The van der Waals surface area contributed by atoms with Crippen LogP contribution in [0, 0.1) is 0 Å². The summed E-state index contributed by atoms with van der Waals surface area (Å²) in [6, 6.07) is 15.4. The second-order valence-corrected chi connectivity index (χ2v) is 6.88. The highest BCUT2D eigenvalue weighted by Gasteiger charge is 2.22. The van der Waals surface area contributed by atoms with Crippen LogP contribution in [0.4, 0.5) is 16.2 Å². The normalized spacial score (nSPS) is 14.0. The van der Waals surface area contributed by atoms with Crippen molar-refractivity contribution in [3.05, 3.63) is 59.7 Å². The lowest BCUT2D eigenvalue weighted by molar-refractivity contribution is 0.0981. The van der Waals surface area contributed by atoms with E-state index in [4.69, 9.17) is 10.5 Å². The van der Waals surface area contributed by atoms with E-state index in [0.29, 0.717) is 32.5 Å². The Bertz CT molecular complexity index is 795. The Balaban J connectivity index is 1.51. The molecule has 0 unspecified atom stereocenters. The summed E-state index contributed by atoms with van der Waals surface area (Å²) in [6.07, 6.45) is 0.933. The highest BCUT2D eigenvalue weighted by molar-refractivity contribution is 5.96. The fourth-order valence-corrected chi connectivity index (χ4v) is 3.31. The van der Waals surface area contributed by atoms with E-state index in [9.17, 15) is 9.59 Å². The molecule has 0 aromatic heterocycles. The third-order valence-electron chi connectivity index (χ3n) is 4.98. The summed E-state index contributed by atoms with van der Waals surface area (Å²) >= 11 is 0. The first-order valence-corrected chi connectivity index (χ1v) is 9.71. The number of piperazine rings is 1. The maximum Gasteiger partial charge on any atom is 0.409 e. The number of rotatable bonds is 6. The van der Waals surface area contributed by atoms with Crippen LogP contribution in [-0.4, -0.2) is 49.6 Å². The van der Waals surface area contributed by atoms with Gasteiger partial charge in [-0.2, -0.15) is 0 Å². The van der Waals surface area contributed by atoms with Crippen molar-refractivity contribution < 1.29 is 14.3 Å². The van der Waals surface area contributed by atoms with E-state index in [0.717, 1.165) is 35.6 Å². The number of hydrogen-bond acceptors (Lipinski definition) is 5. The third-order valence-corrected chi connectivity index (χ3v) is 4.98. The number of benzene rings is 2. The number of ketones is 1. The van der Waals surface area contributed by atoms with Crippen LogP contribution in [0.1, 0.15) is 29.3 Å². The van der Waals surface area contributed by atoms with Crippen molar-refractivity contribution in [3.8, 4) is 0 Å². The van der Waals surface area contributed by atoms with Gasteiger partial charge in [0.05, 0.1) is 6.61 Å². The van der Waals surface area contributed by atoms with Crippen LogP contribution in [0.3, 0.4) is 0 Å². The summed E-state index contributed by atoms with van der Waals surface area (Å²) in [6.45, 7) is 4.99. The van der Waals surface area contributed by atoms with Crippen molar-refractivity contribution in [2.24, 2.45) is 0 Å².